The Morgan fingerprint density at radius 1 is 1.19 bits per heavy atom. The summed E-state index contributed by atoms with van der Waals surface area (Å²) < 4.78 is 11.3. The number of hydrogen-bond donors (Lipinski definition) is 1. The lowest BCUT2D eigenvalue weighted by Gasteiger charge is -2.39. The van der Waals surface area contributed by atoms with Gasteiger partial charge in [0.25, 0.3) is 0 Å². The molecule has 1 fully saturated rings. The van der Waals surface area contributed by atoms with Gasteiger partial charge in [0, 0.05) is 9.75 Å². The molecule has 1 aliphatic rings. The Morgan fingerprint density at radius 2 is 1.88 bits per heavy atom. The fraction of sp³-hybridized carbons (Fsp3) is 0.450. The van der Waals surface area contributed by atoms with Gasteiger partial charge < -0.3 is 14.6 Å². The number of rotatable bonds is 6. The van der Waals surface area contributed by atoms with Gasteiger partial charge in [0.05, 0.1) is 25.8 Å². The largest absolute Gasteiger partial charge is 0.496 e. The highest BCUT2D eigenvalue weighted by Crippen LogP contribution is 2.44. The summed E-state index contributed by atoms with van der Waals surface area (Å²) in [7, 11) is 3.28. The lowest BCUT2D eigenvalue weighted by molar-refractivity contribution is -0.145. The first kappa shape index (κ1) is 18.7. The third-order valence-corrected chi connectivity index (χ3v) is 5.98. The molecule has 0 bridgehead atoms. The van der Waals surface area contributed by atoms with Gasteiger partial charge in [-0.3, -0.25) is 9.69 Å². The van der Waals surface area contributed by atoms with Crippen molar-refractivity contribution in [3.05, 3.63) is 45.6 Å². The highest BCUT2D eigenvalue weighted by molar-refractivity contribution is 7.12. The molecule has 2 unspecified atom stereocenters. The molecule has 2 heterocycles. The monoisotopic (exact) mass is 375 g/mol. The predicted molar refractivity (Wildman–Crippen MR) is 102 cm³/mol. The Labute approximate surface area is 158 Å². The van der Waals surface area contributed by atoms with E-state index in [2.05, 4.69) is 24.0 Å². The van der Waals surface area contributed by atoms with Crippen molar-refractivity contribution in [1.29, 1.82) is 0 Å². The molecule has 1 N–H and O–H groups in total. The van der Waals surface area contributed by atoms with Crippen molar-refractivity contribution in [3.8, 4) is 11.5 Å². The predicted octanol–water partition coefficient (Wildman–Crippen LogP) is 4.10. The normalized spacial score (nSPS) is 19.1. The van der Waals surface area contributed by atoms with E-state index in [0.717, 1.165) is 41.3 Å². The highest BCUT2D eigenvalue weighted by atomic mass is 32.1. The summed E-state index contributed by atoms with van der Waals surface area (Å²) in [5, 5.41) is 9.81. The molecule has 0 saturated carbocycles. The minimum absolute atomic E-state index is 0.207. The molecule has 3 rings (SSSR count). The number of thiophene rings is 1. The first-order chi connectivity index (χ1) is 12.6. The van der Waals surface area contributed by atoms with E-state index < -0.39 is 12.0 Å². The van der Waals surface area contributed by atoms with Crippen LogP contribution < -0.4 is 9.47 Å². The number of carbonyl (C=O) groups is 1. The third-order valence-electron chi connectivity index (χ3n) is 4.93. The molecule has 140 valence electrons. The summed E-state index contributed by atoms with van der Waals surface area (Å²) in [5.41, 5.74) is 0.896. The fourth-order valence-electron chi connectivity index (χ4n) is 3.75. The first-order valence-electron chi connectivity index (χ1n) is 8.82. The van der Waals surface area contributed by atoms with Crippen molar-refractivity contribution in [1.82, 2.24) is 4.90 Å². The van der Waals surface area contributed by atoms with E-state index in [0.29, 0.717) is 6.42 Å². The molecular formula is C20H25NO4S. The number of aliphatic carboxylic acids is 1. The van der Waals surface area contributed by atoms with Gasteiger partial charge in [-0.15, -0.1) is 11.3 Å². The van der Waals surface area contributed by atoms with Gasteiger partial charge in [-0.25, -0.2) is 0 Å². The van der Waals surface area contributed by atoms with Crippen molar-refractivity contribution in [3.63, 3.8) is 0 Å². The van der Waals surface area contributed by atoms with E-state index in [1.54, 1.807) is 25.6 Å². The number of likely N-dealkylation sites (tertiary alicyclic amines) is 1. The standard InChI is InChI=1S/C20H25NO4S/c1-13-10-11-17(26-13)19(21-12-5-4-7-14(21)20(22)23)18-15(24-2)8-6-9-16(18)25-3/h6,8-11,14,19H,4-5,7,12H2,1-3H3,(H,22,23). The molecular weight excluding hydrogens is 350 g/mol. The molecule has 0 amide bonds. The van der Waals surface area contributed by atoms with E-state index >= 15 is 0 Å². The van der Waals surface area contributed by atoms with Crippen LogP contribution in [-0.2, 0) is 4.79 Å². The molecule has 1 aliphatic heterocycles. The average molecular weight is 375 g/mol. The summed E-state index contributed by atoms with van der Waals surface area (Å²) in [6.07, 6.45) is 2.59. The van der Waals surface area contributed by atoms with Crippen LogP contribution in [0.15, 0.2) is 30.3 Å². The zero-order valence-electron chi connectivity index (χ0n) is 15.4. The minimum atomic E-state index is -0.767. The Balaban J connectivity index is 2.18. The summed E-state index contributed by atoms with van der Waals surface area (Å²) in [6.45, 7) is 2.80. The smallest absolute Gasteiger partial charge is 0.320 e. The van der Waals surface area contributed by atoms with Crippen LogP contribution in [0.1, 0.15) is 40.6 Å². The number of ether oxygens (including phenoxy) is 2. The number of carboxylic acids is 1. The second kappa shape index (κ2) is 8.10. The first-order valence-corrected chi connectivity index (χ1v) is 9.64. The van der Waals surface area contributed by atoms with Crippen molar-refractivity contribution in [2.24, 2.45) is 0 Å². The van der Waals surface area contributed by atoms with Crippen LogP contribution in [0.2, 0.25) is 0 Å². The molecule has 2 atom stereocenters. The summed E-state index contributed by atoms with van der Waals surface area (Å²) in [5.74, 6) is 0.669. The summed E-state index contributed by atoms with van der Waals surface area (Å²) >= 11 is 1.69. The van der Waals surface area contributed by atoms with E-state index in [1.165, 1.54) is 4.88 Å². The molecule has 5 nitrogen and oxygen atoms in total. The van der Waals surface area contributed by atoms with Gasteiger partial charge >= 0.3 is 5.97 Å². The van der Waals surface area contributed by atoms with Crippen LogP contribution >= 0.6 is 11.3 Å². The number of benzene rings is 1. The van der Waals surface area contributed by atoms with Gasteiger partial charge in [-0.05, 0) is 50.6 Å². The number of methoxy groups -OCH3 is 2. The van der Waals surface area contributed by atoms with Gasteiger partial charge in [-0.2, -0.15) is 0 Å². The van der Waals surface area contributed by atoms with Crippen molar-refractivity contribution in [2.75, 3.05) is 20.8 Å². The Hall–Kier alpha value is -2.05. The maximum absolute atomic E-state index is 11.9. The van der Waals surface area contributed by atoms with Crippen molar-refractivity contribution in [2.45, 2.75) is 38.3 Å². The fourth-order valence-corrected chi connectivity index (χ4v) is 4.76. The quantitative estimate of drug-likeness (QED) is 0.824. The van der Waals surface area contributed by atoms with Gasteiger partial charge in [-0.1, -0.05) is 12.5 Å². The van der Waals surface area contributed by atoms with Crippen LogP contribution in [0, 0.1) is 6.92 Å². The zero-order valence-corrected chi connectivity index (χ0v) is 16.2. The third kappa shape index (κ3) is 3.57. The molecule has 26 heavy (non-hydrogen) atoms. The molecule has 0 aliphatic carbocycles. The second-order valence-electron chi connectivity index (χ2n) is 6.51. The molecule has 6 heteroatoms. The van der Waals surface area contributed by atoms with Crippen LogP contribution in [0.4, 0.5) is 0 Å². The van der Waals surface area contributed by atoms with Crippen molar-refractivity contribution >= 4 is 17.3 Å². The molecule has 1 aromatic heterocycles. The lowest BCUT2D eigenvalue weighted by Crippen LogP contribution is -2.46. The number of nitrogens with zero attached hydrogens (tertiary/aromatic N) is 1. The van der Waals surface area contributed by atoms with Gasteiger partial charge in [0.2, 0.25) is 0 Å². The Morgan fingerprint density at radius 3 is 2.42 bits per heavy atom. The molecule has 0 radical (unpaired) electrons. The number of aryl methyl sites for hydroxylation is 1. The van der Waals surface area contributed by atoms with Gasteiger partial charge in [0.15, 0.2) is 0 Å². The summed E-state index contributed by atoms with van der Waals surface area (Å²) in [6, 6.07) is 9.16. The average Bonchev–Trinajstić information content (AvgIpc) is 3.08. The van der Waals surface area contributed by atoms with Gasteiger partial charge in [0.1, 0.15) is 17.5 Å². The van der Waals surface area contributed by atoms with Crippen LogP contribution in [0.3, 0.4) is 0 Å². The minimum Gasteiger partial charge on any atom is -0.496 e. The lowest BCUT2D eigenvalue weighted by atomic mass is 9.94. The molecule has 0 spiro atoms. The van der Waals surface area contributed by atoms with E-state index in [-0.39, 0.29) is 6.04 Å². The Kier molecular flexibility index (Phi) is 5.84. The van der Waals surface area contributed by atoms with E-state index in [1.807, 2.05) is 18.2 Å². The Bertz CT molecular complexity index is 751. The van der Waals surface area contributed by atoms with E-state index in [4.69, 9.17) is 9.47 Å². The zero-order chi connectivity index (χ0) is 18.7. The second-order valence-corrected chi connectivity index (χ2v) is 7.83. The summed E-state index contributed by atoms with van der Waals surface area (Å²) in [4.78, 5) is 16.3. The number of carboxylic acid groups (broad SMARTS) is 1. The molecule has 1 saturated heterocycles. The highest BCUT2D eigenvalue weighted by Gasteiger charge is 2.38. The number of hydrogen-bond acceptors (Lipinski definition) is 5. The van der Waals surface area contributed by atoms with Crippen LogP contribution in [0.5, 0.6) is 11.5 Å². The SMILES string of the molecule is COc1cccc(OC)c1C(c1ccc(C)s1)N1CCCCC1C(=O)O. The van der Waals surface area contributed by atoms with Crippen molar-refractivity contribution < 1.29 is 19.4 Å². The molecule has 2 aromatic rings. The maximum atomic E-state index is 11.9. The van der Waals surface area contributed by atoms with Crippen LogP contribution in [-0.4, -0.2) is 42.8 Å². The van der Waals surface area contributed by atoms with Crippen LogP contribution in [0.25, 0.3) is 0 Å². The topological polar surface area (TPSA) is 59.0 Å². The maximum Gasteiger partial charge on any atom is 0.320 e. The number of piperidine rings is 1. The molecule has 1 aromatic carbocycles. The van der Waals surface area contributed by atoms with E-state index in [9.17, 15) is 9.90 Å².